The zero-order valence-corrected chi connectivity index (χ0v) is 16.6. The van der Waals surface area contributed by atoms with E-state index in [0.29, 0.717) is 6.29 Å². The first-order valence-electron chi connectivity index (χ1n) is 8.32. The zero-order chi connectivity index (χ0) is 18.5. The average molecular weight is 404 g/mol. The normalized spacial score (nSPS) is 12.8. The van der Waals surface area contributed by atoms with Gasteiger partial charge in [-0.2, -0.15) is 0 Å². The van der Waals surface area contributed by atoms with E-state index in [4.69, 9.17) is 22.8 Å². The fraction of sp³-hybridized carbons (Fsp3) is 0.0952. The minimum absolute atomic E-state index is 0.0955. The Morgan fingerprint density at radius 2 is 1.08 bits per heavy atom. The monoisotopic (exact) mass is 403 g/mol. The maximum absolute atomic E-state index is 12.0. The Hall–Kier alpha value is -1.86. The van der Waals surface area contributed by atoms with Crippen molar-refractivity contribution in [2.45, 2.75) is 0 Å². The van der Waals surface area contributed by atoms with Crippen LogP contribution in [0.5, 0.6) is 0 Å². The first-order valence-corrected chi connectivity index (χ1v) is 12.2. The van der Waals surface area contributed by atoms with E-state index < -0.39 is 5.96 Å². The van der Waals surface area contributed by atoms with Gasteiger partial charge in [-0.15, -0.1) is 0 Å². The van der Waals surface area contributed by atoms with Gasteiger partial charge in [0, 0.05) is 0 Å². The average Bonchev–Trinajstić information content (AvgIpc) is 2.74. The summed E-state index contributed by atoms with van der Waals surface area (Å²) in [4.78, 5) is 12.0. The van der Waals surface area contributed by atoms with Gasteiger partial charge in [0.1, 0.15) is 0 Å². The van der Waals surface area contributed by atoms with Crippen LogP contribution in [0.1, 0.15) is 0 Å². The van der Waals surface area contributed by atoms with E-state index >= 15 is 0 Å². The number of nitrogens with one attached hydrogen (secondary N) is 1. The second-order valence-corrected chi connectivity index (χ2v) is 12.8. The molecule has 0 fully saturated rings. The Kier molecular flexibility index (Phi) is 5.67. The van der Waals surface area contributed by atoms with E-state index in [1.54, 1.807) is 0 Å². The molecule has 3 aromatic rings. The fourth-order valence-corrected chi connectivity index (χ4v) is 8.81. The summed E-state index contributed by atoms with van der Waals surface area (Å²) in [7, 11) is 0. The molecule has 0 aromatic heterocycles. The van der Waals surface area contributed by atoms with E-state index in [9.17, 15) is 4.79 Å². The molecule has 26 heavy (non-hydrogen) atoms. The van der Waals surface area contributed by atoms with Crippen molar-refractivity contribution in [1.29, 1.82) is 0 Å². The molecule has 0 aliphatic rings. The van der Waals surface area contributed by atoms with Crippen molar-refractivity contribution in [1.82, 2.24) is 5.32 Å². The molecule has 0 radical (unpaired) electrons. The van der Waals surface area contributed by atoms with Gasteiger partial charge in [0.05, 0.1) is 0 Å². The molecule has 0 atom stereocenters. The topological polar surface area (TPSA) is 29.1 Å². The van der Waals surface area contributed by atoms with Gasteiger partial charge in [0.15, 0.2) is 0 Å². The quantitative estimate of drug-likeness (QED) is 0.489. The molecular formula is C21H20Cl2NOP. The van der Waals surface area contributed by atoms with Crippen LogP contribution < -0.4 is 21.2 Å². The Bertz CT molecular complexity index is 773. The summed E-state index contributed by atoms with van der Waals surface area (Å²) in [6.07, 6.45) is 0.302. The first-order chi connectivity index (χ1) is 12.6. The van der Waals surface area contributed by atoms with Crippen molar-refractivity contribution in [2.24, 2.45) is 0 Å². The SMILES string of the molecule is O=C(CCl)NCP(Cl)(c1ccccc1)(c1ccccc1)c1ccccc1. The summed E-state index contributed by atoms with van der Waals surface area (Å²) in [6.45, 7) is 0. The van der Waals surface area contributed by atoms with Crippen LogP contribution in [0.3, 0.4) is 0 Å². The molecule has 0 saturated heterocycles. The van der Waals surface area contributed by atoms with Gasteiger partial charge < -0.3 is 0 Å². The number of halogens is 2. The first kappa shape index (κ1) is 18.9. The van der Waals surface area contributed by atoms with E-state index in [1.165, 1.54) is 0 Å². The van der Waals surface area contributed by atoms with Gasteiger partial charge in [-0.25, -0.2) is 0 Å². The molecule has 2 nitrogen and oxygen atoms in total. The van der Waals surface area contributed by atoms with E-state index in [0.717, 1.165) is 15.9 Å². The van der Waals surface area contributed by atoms with Crippen molar-refractivity contribution in [3.63, 3.8) is 0 Å². The van der Waals surface area contributed by atoms with E-state index in [1.807, 2.05) is 91.0 Å². The molecule has 0 unspecified atom stereocenters. The van der Waals surface area contributed by atoms with Crippen LogP contribution in [0.2, 0.25) is 0 Å². The van der Waals surface area contributed by atoms with Gasteiger partial charge >= 0.3 is 164 Å². The minimum atomic E-state index is -3.43. The number of carbonyl (C=O) groups is 1. The van der Waals surface area contributed by atoms with Crippen molar-refractivity contribution < 1.29 is 4.79 Å². The summed E-state index contributed by atoms with van der Waals surface area (Å²) in [5, 5.41) is 5.99. The molecule has 1 N–H and O–H groups in total. The molecule has 1 amide bonds. The summed E-state index contributed by atoms with van der Waals surface area (Å²) >= 11 is 13.5. The van der Waals surface area contributed by atoms with Crippen LogP contribution in [0, 0.1) is 0 Å². The predicted molar refractivity (Wildman–Crippen MR) is 115 cm³/mol. The Balaban J connectivity index is 2.33. The molecule has 134 valence electrons. The fourth-order valence-electron chi connectivity index (χ4n) is 3.22. The molecule has 0 aliphatic heterocycles. The van der Waals surface area contributed by atoms with Crippen LogP contribution in [0.15, 0.2) is 91.0 Å². The Morgan fingerprint density at radius 1 is 0.731 bits per heavy atom. The van der Waals surface area contributed by atoms with Crippen molar-refractivity contribution in [3.05, 3.63) is 91.0 Å². The van der Waals surface area contributed by atoms with Crippen molar-refractivity contribution in [2.75, 3.05) is 12.2 Å². The number of carbonyl (C=O) groups excluding carboxylic acids is 1. The number of hydrogen-bond donors (Lipinski definition) is 1. The van der Waals surface area contributed by atoms with Gasteiger partial charge in [0.25, 0.3) is 0 Å². The summed E-state index contributed by atoms with van der Waals surface area (Å²) in [6, 6.07) is 30.0. The molecule has 3 aromatic carbocycles. The van der Waals surface area contributed by atoms with Crippen molar-refractivity contribution in [3.8, 4) is 0 Å². The van der Waals surface area contributed by atoms with Crippen molar-refractivity contribution >= 4 is 50.6 Å². The molecule has 0 spiro atoms. The molecular weight excluding hydrogens is 384 g/mol. The summed E-state index contributed by atoms with van der Waals surface area (Å²) in [5.74, 6) is -3.76. The van der Waals surface area contributed by atoms with E-state index in [2.05, 4.69) is 5.32 Å². The molecule has 0 aliphatic carbocycles. The van der Waals surface area contributed by atoms with E-state index in [-0.39, 0.29) is 11.8 Å². The second kappa shape index (κ2) is 7.80. The Morgan fingerprint density at radius 3 is 1.38 bits per heavy atom. The molecule has 0 saturated carbocycles. The zero-order valence-electron chi connectivity index (χ0n) is 14.2. The van der Waals surface area contributed by atoms with Gasteiger partial charge in [-0.3, -0.25) is 0 Å². The second-order valence-electron chi connectivity index (χ2n) is 6.08. The van der Waals surface area contributed by atoms with Crippen LogP contribution in [-0.2, 0) is 4.79 Å². The van der Waals surface area contributed by atoms with Crippen LogP contribution in [0.25, 0.3) is 0 Å². The maximum atomic E-state index is 12.0. The van der Waals surface area contributed by atoms with Gasteiger partial charge in [-0.1, -0.05) is 0 Å². The Labute approximate surface area is 163 Å². The molecule has 3 rings (SSSR count). The van der Waals surface area contributed by atoms with Gasteiger partial charge in [0.2, 0.25) is 0 Å². The predicted octanol–water partition coefficient (Wildman–Crippen LogP) is 3.98. The third-order valence-corrected chi connectivity index (χ3v) is 11.8. The number of hydrogen-bond acceptors (Lipinski definition) is 1. The number of amides is 1. The third kappa shape index (κ3) is 3.25. The third-order valence-electron chi connectivity index (χ3n) is 4.58. The molecule has 5 heteroatoms. The van der Waals surface area contributed by atoms with Gasteiger partial charge in [-0.05, 0) is 0 Å². The standard InChI is InChI=1S/C21H20Cl2NOP/c22-16-21(25)24-17-26(23,18-10-4-1-5-11-18,19-12-6-2-7-13-19)20-14-8-3-9-15-20/h1-15H,16-17H2,(H,24,25). The molecule has 0 bridgehead atoms. The van der Waals surface area contributed by atoms with Crippen LogP contribution in [0.4, 0.5) is 0 Å². The molecule has 0 heterocycles. The number of benzene rings is 3. The van der Waals surface area contributed by atoms with Crippen LogP contribution >= 0.6 is 28.8 Å². The number of rotatable bonds is 6. The summed E-state index contributed by atoms with van der Waals surface area (Å²) in [5.41, 5.74) is 0. The number of alkyl halides is 1. The summed E-state index contributed by atoms with van der Waals surface area (Å²) < 4.78 is 0. The van der Waals surface area contributed by atoms with Crippen LogP contribution in [-0.4, -0.2) is 18.1 Å².